The molecule has 0 aliphatic rings. The van der Waals surface area contributed by atoms with Crippen LogP contribution < -0.4 is 5.73 Å². The van der Waals surface area contributed by atoms with Crippen LogP contribution in [0.2, 0.25) is 0 Å². The number of nitrogens with two attached hydrogens (primary N) is 1. The van der Waals surface area contributed by atoms with E-state index in [-0.39, 0.29) is 18.8 Å². The maximum Gasteiger partial charge on any atom is 0.325 e. The van der Waals surface area contributed by atoms with Crippen LogP contribution in [0.3, 0.4) is 0 Å². The van der Waals surface area contributed by atoms with Gasteiger partial charge >= 0.3 is 17.6 Å². The summed E-state index contributed by atoms with van der Waals surface area (Å²) in [4.78, 5) is 37.8. The Morgan fingerprint density at radius 2 is 1.86 bits per heavy atom. The van der Waals surface area contributed by atoms with Gasteiger partial charge in [-0.05, 0) is 19.9 Å². The minimum atomic E-state index is -1.57. The molecule has 0 spiro atoms. The Kier molecular flexibility index (Phi) is 5.58. The summed E-state index contributed by atoms with van der Waals surface area (Å²) in [6, 6.07) is 1.17. The van der Waals surface area contributed by atoms with E-state index in [4.69, 9.17) is 15.2 Å². The molecule has 1 aromatic heterocycles. The third-order valence-electron chi connectivity index (χ3n) is 2.52. The predicted octanol–water partition coefficient (Wildman–Crippen LogP) is 0.782. The summed E-state index contributed by atoms with van der Waals surface area (Å²) in [6.07, 6.45) is 1.17. The molecule has 0 aliphatic carbocycles. The monoisotopic (exact) mass is 297 g/mol. The largest absolute Gasteiger partial charge is 0.465 e. The molecule has 114 valence electrons. The number of aromatic nitrogens is 1. The second kappa shape index (κ2) is 7.17. The molecule has 0 amide bonds. The summed E-state index contributed by atoms with van der Waals surface area (Å²) < 4.78 is 9.55. The van der Waals surface area contributed by atoms with Crippen LogP contribution in [0.5, 0.6) is 0 Å². The highest BCUT2D eigenvalue weighted by Crippen LogP contribution is 2.32. The maximum atomic E-state index is 11.9. The van der Waals surface area contributed by atoms with E-state index < -0.39 is 34.3 Å². The van der Waals surface area contributed by atoms with E-state index >= 15 is 0 Å². The van der Waals surface area contributed by atoms with Gasteiger partial charge in [-0.3, -0.25) is 19.7 Å². The molecule has 0 unspecified atom stereocenters. The molecule has 0 atom stereocenters. The van der Waals surface area contributed by atoms with Crippen molar-refractivity contribution in [2.75, 3.05) is 18.9 Å². The third kappa shape index (κ3) is 3.65. The van der Waals surface area contributed by atoms with E-state index in [1.165, 1.54) is 12.3 Å². The molecular formula is C12H15N3O6. The average molecular weight is 297 g/mol. The predicted molar refractivity (Wildman–Crippen MR) is 71.3 cm³/mol. The molecule has 1 aromatic rings. The summed E-state index contributed by atoms with van der Waals surface area (Å²) in [5.41, 5.74) is 4.64. The van der Waals surface area contributed by atoms with Crippen LogP contribution in [-0.4, -0.2) is 35.1 Å². The van der Waals surface area contributed by atoms with Crippen molar-refractivity contribution in [2.24, 2.45) is 0 Å². The first kappa shape index (κ1) is 16.3. The highest BCUT2D eigenvalue weighted by atomic mass is 16.6. The first-order chi connectivity index (χ1) is 9.93. The van der Waals surface area contributed by atoms with Gasteiger partial charge in [0, 0.05) is 6.20 Å². The van der Waals surface area contributed by atoms with E-state index in [9.17, 15) is 19.7 Å². The highest BCUT2D eigenvalue weighted by molar-refractivity contribution is 6.02. The fourth-order valence-electron chi connectivity index (χ4n) is 1.72. The number of nitrogens with zero attached hydrogens (tertiary/aromatic N) is 2. The molecule has 0 aromatic carbocycles. The van der Waals surface area contributed by atoms with Crippen molar-refractivity contribution in [2.45, 2.75) is 19.8 Å². The second-order valence-corrected chi connectivity index (χ2v) is 3.83. The molecule has 1 heterocycles. The normalized spacial score (nSPS) is 10.2. The first-order valence-electron chi connectivity index (χ1n) is 6.16. The Balaban J connectivity index is 3.39. The van der Waals surface area contributed by atoms with Gasteiger partial charge in [0.05, 0.1) is 23.7 Å². The zero-order valence-electron chi connectivity index (χ0n) is 11.6. The number of hydrogen-bond donors (Lipinski definition) is 1. The molecule has 21 heavy (non-hydrogen) atoms. The number of carbonyl (C=O) groups excluding carboxylic acids is 2. The summed E-state index contributed by atoms with van der Waals surface area (Å²) in [6.45, 7) is 3.14. The van der Waals surface area contributed by atoms with Crippen LogP contribution in [0.15, 0.2) is 12.3 Å². The van der Waals surface area contributed by atoms with Crippen LogP contribution >= 0.6 is 0 Å². The summed E-state index contributed by atoms with van der Waals surface area (Å²) in [5, 5.41) is 11.1. The van der Waals surface area contributed by atoms with Crippen molar-refractivity contribution in [3.63, 3.8) is 0 Å². The smallest absolute Gasteiger partial charge is 0.325 e. The van der Waals surface area contributed by atoms with Gasteiger partial charge < -0.3 is 15.2 Å². The molecule has 0 radical (unpaired) electrons. The number of pyridine rings is 1. The molecule has 0 saturated carbocycles. The Bertz CT molecular complexity index is 542. The van der Waals surface area contributed by atoms with Crippen LogP contribution in [0.1, 0.15) is 25.3 Å². The lowest BCUT2D eigenvalue weighted by Gasteiger charge is -2.15. The Labute approximate surface area is 120 Å². The minimum Gasteiger partial charge on any atom is -0.465 e. The number of esters is 2. The lowest BCUT2D eigenvalue weighted by molar-refractivity contribution is -0.385. The Morgan fingerprint density at radius 1 is 1.33 bits per heavy atom. The molecular weight excluding hydrogens is 282 g/mol. The van der Waals surface area contributed by atoms with E-state index in [2.05, 4.69) is 4.98 Å². The average Bonchev–Trinajstić information content (AvgIpc) is 2.39. The molecule has 9 nitrogen and oxygen atoms in total. The topological polar surface area (TPSA) is 135 Å². The number of hydrogen-bond acceptors (Lipinski definition) is 8. The minimum absolute atomic E-state index is 0.0170. The van der Waals surface area contributed by atoms with E-state index in [1.807, 2.05) is 0 Å². The van der Waals surface area contributed by atoms with Crippen molar-refractivity contribution >= 4 is 23.4 Å². The highest BCUT2D eigenvalue weighted by Gasteiger charge is 2.38. The number of ether oxygens (including phenoxy) is 2. The van der Waals surface area contributed by atoms with E-state index in [0.717, 1.165) is 0 Å². The third-order valence-corrected chi connectivity index (χ3v) is 2.52. The lowest BCUT2D eigenvalue weighted by atomic mass is 9.98. The number of nitrogen functional groups attached to an aromatic ring is 1. The van der Waals surface area contributed by atoms with Crippen LogP contribution in [0.25, 0.3) is 0 Å². The van der Waals surface area contributed by atoms with Crippen molar-refractivity contribution in [1.29, 1.82) is 0 Å². The van der Waals surface area contributed by atoms with Crippen molar-refractivity contribution in [3.05, 3.63) is 27.9 Å². The van der Waals surface area contributed by atoms with Gasteiger partial charge in [-0.1, -0.05) is 0 Å². The van der Waals surface area contributed by atoms with Gasteiger partial charge in [0.15, 0.2) is 5.92 Å². The van der Waals surface area contributed by atoms with Crippen LogP contribution in [0, 0.1) is 10.1 Å². The van der Waals surface area contributed by atoms with Gasteiger partial charge in [0.25, 0.3) is 0 Å². The number of rotatable bonds is 6. The first-order valence-corrected chi connectivity index (χ1v) is 6.16. The molecule has 0 aliphatic heterocycles. The SMILES string of the molecule is CCOC(=O)C(C(=O)OCC)c1ccnc(N)c1[N+](=O)[O-]. The fraction of sp³-hybridized carbons (Fsp3) is 0.417. The van der Waals surface area contributed by atoms with E-state index in [1.54, 1.807) is 13.8 Å². The Hall–Kier alpha value is -2.71. The zero-order valence-corrected chi connectivity index (χ0v) is 11.6. The molecule has 9 heteroatoms. The molecule has 0 saturated heterocycles. The maximum absolute atomic E-state index is 11.9. The van der Waals surface area contributed by atoms with Gasteiger partial charge in [-0.15, -0.1) is 0 Å². The molecule has 2 N–H and O–H groups in total. The number of nitro groups is 1. The molecule has 1 rings (SSSR count). The molecule has 0 fully saturated rings. The quantitative estimate of drug-likeness (QED) is 0.352. The summed E-state index contributed by atoms with van der Waals surface area (Å²) >= 11 is 0. The van der Waals surface area contributed by atoms with Gasteiger partial charge in [-0.2, -0.15) is 0 Å². The lowest BCUT2D eigenvalue weighted by Crippen LogP contribution is -2.27. The van der Waals surface area contributed by atoms with Gasteiger partial charge in [-0.25, -0.2) is 4.98 Å². The Morgan fingerprint density at radius 3 is 2.29 bits per heavy atom. The van der Waals surface area contributed by atoms with Crippen LogP contribution in [-0.2, 0) is 19.1 Å². The second-order valence-electron chi connectivity index (χ2n) is 3.83. The van der Waals surface area contributed by atoms with Gasteiger partial charge in [0.2, 0.25) is 5.82 Å². The fourth-order valence-corrected chi connectivity index (χ4v) is 1.72. The van der Waals surface area contributed by atoms with Crippen LogP contribution in [0.4, 0.5) is 11.5 Å². The van der Waals surface area contributed by atoms with Gasteiger partial charge in [0.1, 0.15) is 0 Å². The zero-order chi connectivity index (χ0) is 16.0. The van der Waals surface area contributed by atoms with Crippen molar-refractivity contribution < 1.29 is 24.0 Å². The summed E-state index contributed by atoms with van der Waals surface area (Å²) in [5.74, 6) is -3.85. The number of anilines is 1. The van der Waals surface area contributed by atoms with E-state index in [0.29, 0.717) is 0 Å². The van der Waals surface area contributed by atoms with Crippen molar-refractivity contribution in [1.82, 2.24) is 4.98 Å². The summed E-state index contributed by atoms with van der Waals surface area (Å²) in [7, 11) is 0. The number of carbonyl (C=O) groups is 2. The van der Waals surface area contributed by atoms with Crippen molar-refractivity contribution in [3.8, 4) is 0 Å². The standard InChI is InChI=1S/C12H15N3O6/c1-3-20-11(16)8(12(17)21-4-2)7-5-6-14-10(13)9(7)15(18)19/h5-6,8H,3-4H2,1-2H3,(H2,13,14). The molecule has 0 bridgehead atoms.